The van der Waals surface area contributed by atoms with Crippen molar-refractivity contribution in [3.05, 3.63) is 101 Å². The van der Waals surface area contributed by atoms with Crippen molar-refractivity contribution in [3.63, 3.8) is 0 Å². The molecule has 160 valence electrons. The molecule has 5 rings (SSSR count). The number of hydrogen-bond acceptors (Lipinski definition) is 1. The van der Waals surface area contributed by atoms with Crippen LogP contribution in [0.25, 0.3) is 32.9 Å². The second-order valence-electron chi connectivity index (χ2n) is 9.86. The van der Waals surface area contributed by atoms with E-state index in [4.69, 9.17) is 4.98 Å². The van der Waals surface area contributed by atoms with Gasteiger partial charge in [-0.05, 0) is 58.9 Å². The number of hydrogen-bond donors (Lipinski definition) is 0. The van der Waals surface area contributed by atoms with Crippen LogP contribution >= 0.6 is 0 Å². The molecule has 0 spiro atoms. The fourth-order valence-corrected chi connectivity index (χ4v) is 4.63. The number of aromatic nitrogens is 2. The molecule has 2 heterocycles. The zero-order valence-electron chi connectivity index (χ0n) is 19.6. The lowest BCUT2D eigenvalue weighted by molar-refractivity contribution is 0.590. The van der Waals surface area contributed by atoms with Gasteiger partial charge in [-0.15, -0.1) is 0 Å². The Morgan fingerprint density at radius 3 is 2.25 bits per heavy atom. The molecule has 0 aliphatic heterocycles. The van der Waals surface area contributed by atoms with Gasteiger partial charge in [0.15, 0.2) is 0 Å². The lowest BCUT2D eigenvalue weighted by atomic mass is 9.87. The summed E-state index contributed by atoms with van der Waals surface area (Å²) in [7, 11) is 0. The Morgan fingerprint density at radius 2 is 1.53 bits per heavy atom. The van der Waals surface area contributed by atoms with Crippen molar-refractivity contribution in [1.29, 1.82) is 0 Å². The van der Waals surface area contributed by atoms with Gasteiger partial charge in [-0.1, -0.05) is 81.4 Å². The first-order valence-electron chi connectivity index (χ1n) is 11.4. The summed E-state index contributed by atoms with van der Waals surface area (Å²) in [6.07, 6.45) is 1.95. The van der Waals surface area contributed by atoms with E-state index in [1.165, 1.54) is 44.1 Å². The molecule has 0 fully saturated rings. The smallest absolute Gasteiger partial charge is 0.0945 e. The van der Waals surface area contributed by atoms with Crippen molar-refractivity contribution in [3.8, 4) is 11.3 Å². The van der Waals surface area contributed by atoms with Crippen LogP contribution in [0.15, 0.2) is 79.0 Å². The zero-order chi connectivity index (χ0) is 22.5. The van der Waals surface area contributed by atoms with Crippen molar-refractivity contribution in [2.75, 3.05) is 0 Å². The molecule has 0 unspecified atom stereocenters. The highest BCUT2D eigenvalue weighted by molar-refractivity contribution is 5.97. The maximum atomic E-state index is 4.87. The minimum Gasteiger partial charge on any atom is -0.338 e. The molecular weight excluding hydrogens is 388 g/mol. The van der Waals surface area contributed by atoms with Crippen LogP contribution in [-0.2, 0) is 12.0 Å². The summed E-state index contributed by atoms with van der Waals surface area (Å²) >= 11 is 0. The maximum Gasteiger partial charge on any atom is 0.0945 e. The molecule has 0 bridgehead atoms. The molecule has 0 saturated heterocycles. The molecule has 32 heavy (non-hydrogen) atoms. The van der Waals surface area contributed by atoms with E-state index >= 15 is 0 Å². The number of pyridine rings is 1. The number of aryl methyl sites for hydroxylation is 1. The first kappa shape index (κ1) is 20.5. The molecule has 0 radical (unpaired) electrons. The van der Waals surface area contributed by atoms with Gasteiger partial charge in [-0.25, -0.2) is 0 Å². The predicted octanol–water partition coefficient (Wildman–Crippen LogP) is 7.82. The molecule has 0 saturated carbocycles. The quantitative estimate of drug-likeness (QED) is 0.292. The van der Waals surface area contributed by atoms with E-state index in [9.17, 15) is 0 Å². The van der Waals surface area contributed by atoms with Crippen LogP contribution in [0.5, 0.6) is 0 Å². The third-order valence-corrected chi connectivity index (χ3v) is 6.73. The Kier molecular flexibility index (Phi) is 4.89. The third-order valence-electron chi connectivity index (χ3n) is 6.73. The number of benzene rings is 3. The van der Waals surface area contributed by atoms with E-state index in [2.05, 4.69) is 112 Å². The highest BCUT2D eigenvalue weighted by Crippen LogP contribution is 2.34. The average molecular weight is 419 g/mol. The number of fused-ring (bicyclic) bond motifs is 2. The monoisotopic (exact) mass is 418 g/mol. The summed E-state index contributed by atoms with van der Waals surface area (Å²) in [6, 6.07) is 26.4. The highest BCUT2D eigenvalue weighted by atomic mass is 15.0. The van der Waals surface area contributed by atoms with Crippen molar-refractivity contribution in [1.82, 2.24) is 9.55 Å². The van der Waals surface area contributed by atoms with E-state index in [0.29, 0.717) is 0 Å². The van der Waals surface area contributed by atoms with Crippen molar-refractivity contribution in [2.45, 2.75) is 46.6 Å². The molecule has 2 nitrogen and oxygen atoms in total. The molecule has 3 aromatic carbocycles. The largest absolute Gasteiger partial charge is 0.338 e. The van der Waals surface area contributed by atoms with E-state index in [-0.39, 0.29) is 5.41 Å². The first-order chi connectivity index (χ1) is 15.3. The van der Waals surface area contributed by atoms with E-state index < -0.39 is 0 Å². The Balaban J connectivity index is 1.65. The van der Waals surface area contributed by atoms with Crippen molar-refractivity contribution in [2.24, 2.45) is 0 Å². The molecule has 2 aromatic heterocycles. The summed E-state index contributed by atoms with van der Waals surface area (Å²) in [5.41, 5.74) is 8.91. The lowest BCUT2D eigenvalue weighted by Gasteiger charge is -2.19. The third kappa shape index (κ3) is 3.50. The van der Waals surface area contributed by atoms with Gasteiger partial charge in [-0.2, -0.15) is 0 Å². The summed E-state index contributed by atoms with van der Waals surface area (Å²) in [5.74, 6) is 0. The van der Waals surface area contributed by atoms with Gasteiger partial charge < -0.3 is 4.57 Å². The maximum absolute atomic E-state index is 4.87. The predicted molar refractivity (Wildman–Crippen MR) is 136 cm³/mol. The van der Waals surface area contributed by atoms with Crippen LogP contribution in [0, 0.1) is 13.8 Å². The lowest BCUT2D eigenvalue weighted by Crippen LogP contribution is -2.11. The highest BCUT2D eigenvalue weighted by Gasteiger charge is 2.18. The first-order valence-corrected chi connectivity index (χ1v) is 11.4. The average Bonchev–Trinajstić information content (AvgIpc) is 3.03. The standard InChI is InChI=1S/C30H30N2/c1-20-21(2)32(19-22-10-14-26(15-11-22)30(3,4)5)29-27(20)16-17-31-28(29)25-13-12-23-8-6-7-9-24(23)18-25/h6-18H,19H2,1-5H3. The van der Waals surface area contributed by atoms with Gasteiger partial charge >= 0.3 is 0 Å². The number of nitrogens with zero attached hydrogens (tertiary/aromatic N) is 2. The zero-order valence-corrected chi connectivity index (χ0v) is 19.6. The van der Waals surface area contributed by atoms with Crippen molar-refractivity contribution < 1.29 is 0 Å². The van der Waals surface area contributed by atoms with Gasteiger partial charge in [-0.3, -0.25) is 4.98 Å². The summed E-state index contributed by atoms with van der Waals surface area (Å²) in [6.45, 7) is 12.1. The fourth-order valence-electron chi connectivity index (χ4n) is 4.63. The van der Waals surface area contributed by atoms with Gasteiger partial charge in [0.25, 0.3) is 0 Å². The Morgan fingerprint density at radius 1 is 0.812 bits per heavy atom. The number of rotatable bonds is 3. The molecule has 5 aromatic rings. The Labute approximate surface area is 190 Å². The second kappa shape index (κ2) is 7.63. The minimum atomic E-state index is 0.165. The van der Waals surface area contributed by atoms with Gasteiger partial charge in [0, 0.05) is 29.4 Å². The van der Waals surface area contributed by atoms with Crippen LogP contribution in [0.4, 0.5) is 0 Å². The topological polar surface area (TPSA) is 17.8 Å². The minimum absolute atomic E-state index is 0.165. The second-order valence-corrected chi connectivity index (χ2v) is 9.86. The molecule has 0 aliphatic carbocycles. The fraction of sp³-hybridized carbons (Fsp3) is 0.233. The van der Waals surface area contributed by atoms with E-state index in [0.717, 1.165) is 17.8 Å². The van der Waals surface area contributed by atoms with E-state index in [1.807, 2.05) is 6.20 Å². The summed E-state index contributed by atoms with van der Waals surface area (Å²) in [4.78, 5) is 4.87. The summed E-state index contributed by atoms with van der Waals surface area (Å²) < 4.78 is 2.44. The molecule has 0 aliphatic rings. The van der Waals surface area contributed by atoms with Gasteiger partial charge in [0.1, 0.15) is 0 Å². The molecule has 2 heteroatoms. The molecule has 0 N–H and O–H groups in total. The van der Waals surface area contributed by atoms with Crippen LogP contribution in [-0.4, -0.2) is 9.55 Å². The molecular formula is C30H30N2. The van der Waals surface area contributed by atoms with Crippen LogP contribution < -0.4 is 0 Å². The van der Waals surface area contributed by atoms with Gasteiger partial charge in [0.2, 0.25) is 0 Å². The molecule has 0 atom stereocenters. The normalized spacial score (nSPS) is 12.0. The van der Waals surface area contributed by atoms with E-state index in [1.54, 1.807) is 0 Å². The SMILES string of the molecule is Cc1c(C)n(Cc2ccc(C(C)(C)C)cc2)c2c(-c3ccc4ccccc4c3)nccc12. The Bertz CT molecular complexity index is 1430. The van der Waals surface area contributed by atoms with Crippen LogP contribution in [0.2, 0.25) is 0 Å². The van der Waals surface area contributed by atoms with Crippen LogP contribution in [0.3, 0.4) is 0 Å². The molecule has 0 amide bonds. The summed E-state index contributed by atoms with van der Waals surface area (Å²) in [5, 5.41) is 3.78. The Hall–Kier alpha value is -3.39. The van der Waals surface area contributed by atoms with Gasteiger partial charge in [0.05, 0.1) is 11.2 Å². The van der Waals surface area contributed by atoms with Crippen molar-refractivity contribution >= 4 is 21.7 Å². The van der Waals surface area contributed by atoms with Crippen LogP contribution in [0.1, 0.15) is 43.2 Å².